The molecule has 4 rings (SSSR count). The highest BCUT2D eigenvalue weighted by Crippen LogP contribution is 2.32. The summed E-state index contributed by atoms with van der Waals surface area (Å²) in [5, 5.41) is 9.88. The zero-order valence-corrected chi connectivity index (χ0v) is 18.3. The molecule has 4 nitrogen and oxygen atoms in total. The van der Waals surface area contributed by atoms with Gasteiger partial charge in [-0.25, -0.2) is 8.78 Å². The minimum absolute atomic E-state index is 0.354. The highest BCUT2D eigenvalue weighted by atomic mass is 19.2. The van der Waals surface area contributed by atoms with Crippen LogP contribution in [0.5, 0.6) is 0 Å². The molecule has 3 aliphatic rings. The summed E-state index contributed by atoms with van der Waals surface area (Å²) in [5.74, 6) is -1.58. The summed E-state index contributed by atoms with van der Waals surface area (Å²) in [7, 11) is 0. The zero-order valence-electron chi connectivity index (χ0n) is 18.3. The van der Waals surface area contributed by atoms with Crippen molar-refractivity contribution in [3.05, 3.63) is 29.3 Å². The maximum absolute atomic E-state index is 14.7. The van der Waals surface area contributed by atoms with Gasteiger partial charge in [-0.2, -0.15) is 0 Å². The van der Waals surface area contributed by atoms with Crippen LogP contribution in [-0.4, -0.2) is 65.8 Å². The number of halogens is 2. The molecule has 3 saturated heterocycles. The molecule has 0 unspecified atom stereocenters. The fourth-order valence-corrected chi connectivity index (χ4v) is 5.76. The molecular weight excluding hydrogens is 384 g/mol. The number of aliphatic hydroxyl groups excluding tert-OH is 1. The highest BCUT2D eigenvalue weighted by Gasteiger charge is 2.31. The first kappa shape index (κ1) is 22.0. The van der Waals surface area contributed by atoms with E-state index in [1.807, 2.05) is 4.90 Å². The van der Waals surface area contributed by atoms with Gasteiger partial charge in [0.25, 0.3) is 0 Å². The zero-order chi connectivity index (χ0) is 21.1. The minimum Gasteiger partial charge on any atom is -0.391 e. The summed E-state index contributed by atoms with van der Waals surface area (Å²) in [4.78, 5) is 6.98. The van der Waals surface area contributed by atoms with Gasteiger partial charge >= 0.3 is 0 Å². The molecule has 1 aromatic rings. The van der Waals surface area contributed by atoms with E-state index in [0.29, 0.717) is 37.8 Å². The fraction of sp³-hybridized carbons (Fsp3) is 0.750. The first-order valence-electron chi connectivity index (χ1n) is 11.9. The first-order chi connectivity index (χ1) is 14.6. The Morgan fingerprint density at radius 2 is 1.77 bits per heavy atom. The van der Waals surface area contributed by atoms with Gasteiger partial charge in [-0.3, -0.25) is 9.80 Å². The Morgan fingerprint density at radius 3 is 2.47 bits per heavy atom. The third-order valence-corrected chi connectivity index (χ3v) is 7.45. The second-order valence-corrected chi connectivity index (χ2v) is 9.41. The molecular formula is C24H37F2N3O. The second kappa shape index (κ2) is 9.92. The van der Waals surface area contributed by atoms with Crippen LogP contribution in [0.2, 0.25) is 0 Å². The van der Waals surface area contributed by atoms with Crippen LogP contribution in [-0.2, 0) is 6.54 Å². The molecule has 2 atom stereocenters. The van der Waals surface area contributed by atoms with Crippen LogP contribution in [0.4, 0.5) is 14.5 Å². The van der Waals surface area contributed by atoms with E-state index >= 15 is 0 Å². The number of likely N-dealkylation sites (tertiary alicyclic amines) is 2. The highest BCUT2D eigenvalue weighted by molar-refractivity contribution is 5.56. The molecule has 0 spiro atoms. The summed E-state index contributed by atoms with van der Waals surface area (Å²) in [6.45, 7) is 7.14. The maximum atomic E-state index is 14.7. The first-order valence-corrected chi connectivity index (χ1v) is 11.9. The van der Waals surface area contributed by atoms with Gasteiger partial charge in [0.05, 0.1) is 11.8 Å². The van der Waals surface area contributed by atoms with Crippen molar-refractivity contribution in [3.63, 3.8) is 0 Å². The summed E-state index contributed by atoms with van der Waals surface area (Å²) < 4.78 is 28.7. The van der Waals surface area contributed by atoms with Gasteiger partial charge in [-0.15, -0.1) is 0 Å². The third-order valence-electron chi connectivity index (χ3n) is 7.45. The van der Waals surface area contributed by atoms with Gasteiger partial charge in [0.15, 0.2) is 11.6 Å². The Kier molecular flexibility index (Phi) is 7.27. The van der Waals surface area contributed by atoms with Crippen LogP contribution in [0.25, 0.3) is 0 Å². The van der Waals surface area contributed by atoms with Crippen LogP contribution in [0.1, 0.15) is 63.9 Å². The van der Waals surface area contributed by atoms with E-state index in [1.54, 1.807) is 6.07 Å². The monoisotopic (exact) mass is 421 g/mol. The largest absolute Gasteiger partial charge is 0.391 e. The van der Waals surface area contributed by atoms with E-state index in [0.717, 1.165) is 37.5 Å². The van der Waals surface area contributed by atoms with Crippen molar-refractivity contribution in [3.8, 4) is 0 Å². The number of rotatable bonds is 5. The van der Waals surface area contributed by atoms with Gasteiger partial charge in [0.1, 0.15) is 0 Å². The number of hydrogen-bond acceptors (Lipinski definition) is 4. The van der Waals surface area contributed by atoms with Gasteiger partial charge < -0.3 is 10.0 Å². The standard InChI is InChI=1S/C24H37F2N3O/c1-2-19-6-4-3-5-12-29(19)20-9-13-27(14-10-20)16-18-7-8-22(25)23(26)24(18)28-15-11-21(30)17-28/h7-8,19-21,30H,2-6,9-17H2,1H3/t19-,21+/m0/s1. The molecule has 30 heavy (non-hydrogen) atoms. The van der Waals surface area contributed by atoms with Gasteiger partial charge in [-0.1, -0.05) is 25.8 Å². The average Bonchev–Trinajstić information content (AvgIpc) is 3.03. The van der Waals surface area contributed by atoms with Crippen molar-refractivity contribution in [2.45, 2.75) is 83.0 Å². The van der Waals surface area contributed by atoms with E-state index in [4.69, 9.17) is 0 Å². The van der Waals surface area contributed by atoms with Crippen molar-refractivity contribution in [1.82, 2.24) is 9.80 Å². The van der Waals surface area contributed by atoms with E-state index < -0.39 is 17.7 Å². The molecule has 0 bridgehead atoms. The quantitative estimate of drug-likeness (QED) is 0.773. The Labute approximate surface area is 179 Å². The number of nitrogens with zero attached hydrogens (tertiary/aromatic N) is 3. The molecule has 0 amide bonds. The van der Waals surface area contributed by atoms with E-state index in [2.05, 4.69) is 16.7 Å². The summed E-state index contributed by atoms with van der Waals surface area (Å²) in [6, 6.07) is 4.36. The molecule has 1 N–H and O–H groups in total. The molecule has 3 aliphatic heterocycles. The Morgan fingerprint density at radius 1 is 0.967 bits per heavy atom. The predicted octanol–water partition coefficient (Wildman–Crippen LogP) is 4.15. The molecule has 3 heterocycles. The van der Waals surface area contributed by atoms with Crippen molar-refractivity contribution in [2.75, 3.05) is 37.6 Å². The summed E-state index contributed by atoms with van der Waals surface area (Å²) >= 11 is 0. The molecule has 0 radical (unpaired) electrons. The lowest BCUT2D eigenvalue weighted by Crippen LogP contribution is -2.48. The summed E-state index contributed by atoms with van der Waals surface area (Å²) in [5.41, 5.74) is 1.19. The smallest absolute Gasteiger partial charge is 0.182 e. The minimum atomic E-state index is -0.805. The molecule has 0 aromatic heterocycles. The number of anilines is 1. The summed E-state index contributed by atoms with van der Waals surface area (Å²) in [6.07, 6.45) is 9.04. The fourth-order valence-electron chi connectivity index (χ4n) is 5.76. The second-order valence-electron chi connectivity index (χ2n) is 9.41. The number of piperidine rings is 1. The number of aliphatic hydroxyl groups is 1. The topological polar surface area (TPSA) is 30.0 Å². The number of benzene rings is 1. The lowest BCUT2D eigenvalue weighted by atomic mass is 9.98. The van der Waals surface area contributed by atoms with Gasteiger partial charge in [0, 0.05) is 31.7 Å². The van der Waals surface area contributed by atoms with Gasteiger partial charge in [-0.05, 0) is 69.8 Å². The number of β-amino-alcohol motifs (C(OH)–C–C–N with tert-alkyl or cyclic N) is 1. The SMILES string of the molecule is CC[C@H]1CCCCCN1C1CCN(Cc2ccc(F)c(F)c2N2CC[C@@H](O)C2)CC1. The van der Waals surface area contributed by atoms with E-state index in [9.17, 15) is 13.9 Å². The van der Waals surface area contributed by atoms with Crippen molar-refractivity contribution in [1.29, 1.82) is 0 Å². The molecule has 168 valence electrons. The predicted molar refractivity (Wildman–Crippen MR) is 117 cm³/mol. The Hall–Kier alpha value is -1.24. The Bertz CT molecular complexity index is 708. The third kappa shape index (κ3) is 4.81. The van der Waals surface area contributed by atoms with E-state index in [1.165, 1.54) is 44.7 Å². The van der Waals surface area contributed by atoms with Crippen LogP contribution in [0, 0.1) is 11.6 Å². The van der Waals surface area contributed by atoms with Crippen molar-refractivity contribution < 1.29 is 13.9 Å². The molecule has 1 aromatic carbocycles. The Balaban J connectivity index is 1.41. The molecule has 3 fully saturated rings. The molecule has 6 heteroatoms. The number of hydrogen-bond donors (Lipinski definition) is 1. The van der Waals surface area contributed by atoms with Crippen molar-refractivity contribution in [2.24, 2.45) is 0 Å². The van der Waals surface area contributed by atoms with Crippen LogP contribution >= 0.6 is 0 Å². The van der Waals surface area contributed by atoms with Crippen LogP contribution in [0.3, 0.4) is 0 Å². The van der Waals surface area contributed by atoms with Crippen LogP contribution < -0.4 is 4.90 Å². The average molecular weight is 422 g/mol. The maximum Gasteiger partial charge on any atom is 0.182 e. The molecule has 0 aliphatic carbocycles. The van der Waals surface area contributed by atoms with Gasteiger partial charge in [0.2, 0.25) is 0 Å². The van der Waals surface area contributed by atoms with Crippen LogP contribution in [0.15, 0.2) is 12.1 Å². The lowest BCUT2D eigenvalue weighted by molar-refractivity contribution is 0.0709. The molecule has 0 saturated carbocycles. The van der Waals surface area contributed by atoms with Crippen molar-refractivity contribution >= 4 is 5.69 Å². The normalized spacial score (nSPS) is 27.5. The van der Waals surface area contributed by atoms with E-state index in [-0.39, 0.29) is 0 Å². The lowest BCUT2D eigenvalue weighted by Gasteiger charge is -2.42.